The minimum Gasteiger partial charge on any atom is -0.493 e. The van der Waals surface area contributed by atoms with Crippen LogP contribution in [-0.4, -0.2) is 18.2 Å². The number of nitrogens with one attached hydrogen (secondary N) is 1. The van der Waals surface area contributed by atoms with E-state index in [-0.39, 0.29) is 5.91 Å². The molecule has 0 radical (unpaired) electrons. The van der Waals surface area contributed by atoms with Crippen molar-refractivity contribution in [2.75, 3.05) is 12.4 Å². The van der Waals surface area contributed by atoms with Crippen LogP contribution in [0.5, 0.6) is 11.5 Å². The lowest BCUT2D eigenvalue weighted by Crippen LogP contribution is -2.13. The van der Waals surface area contributed by atoms with Crippen molar-refractivity contribution in [3.63, 3.8) is 0 Å². The average molecular weight is 478 g/mol. The van der Waals surface area contributed by atoms with Gasteiger partial charge in [0.25, 0.3) is 5.91 Å². The molecule has 7 heteroatoms. The van der Waals surface area contributed by atoms with E-state index in [9.17, 15) is 4.79 Å². The predicted molar refractivity (Wildman–Crippen MR) is 110 cm³/mol. The zero-order chi connectivity index (χ0) is 19.4. The van der Waals surface area contributed by atoms with Crippen molar-refractivity contribution in [3.05, 3.63) is 68.6 Å². The van der Waals surface area contributed by atoms with Gasteiger partial charge in [-0.3, -0.25) is 4.79 Å². The van der Waals surface area contributed by atoms with Crippen LogP contribution >= 0.6 is 22.6 Å². The molecule has 0 fully saturated rings. The molecule has 1 aromatic heterocycles. The fourth-order valence-corrected chi connectivity index (χ4v) is 3.07. The number of halogens is 1. The molecule has 1 heterocycles. The molecule has 0 aliphatic rings. The van der Waals surface area contributed by atoms with E-state index in [0.29, 0.717) is 23.7 Å². The number of carbonyl (C=O) groups is 1. The molecule has 6 nitrogen and oxygen atoms in total. The Morgan fingerprint density at radius 3 is 2.63 bits per heavy atom. The van der Waals surface area contributed by atoms with E-state index >= 15 is 0 Å². The van der Waals surface area contributed by atoms with Gasteiger partial charge in [0.1, 0.15) is 12.4 Å². The Balaban J connectivity index is 1.75. The quantitative estimate of drug-likeness (QED) is 0.519. The van der Waals surface area contributed by atoms with Crippen molar-refractivity contribution >= 4 is 34.2 Å². The number of nitrogens with zero attached hydrogens (tertiary/aromatic N) is 1. The van der Waals surface area contributed by atoms with Gasteiger partial charge >= 0.3 is 0 Å². The number of benzene rings is 2. The smallest absolute Gasteiger partial charge is 0.255 e. The molecule has 0 saturated heterocycles. The highest BCUT2D eigenvalue weighted by atomic mass is 127. The molecule has 3 aromatic rings. The Morgan fingerprint density at radius 2 is 1.96 bits per heavy atom. The van der Waals surface area contributed by atoms with Gasteiger partial charge in [-0.1, -0.05) is 17.3 Å². The van der Waals surface area contributed by atoms with E-state index in [1.54, 1.807) is 25.3 Å². The molecule has 1 N–H and O–H groups in total. The fraction of sp³-hybridized carbons (Fsp3) is 0.200. The number of amides is 1. The van der Waals surface area contributed by atoms with Gasteiger partial charge in [-0.25, -0.2) is 0 Å². The van der Waals surface area contributed by atoms with Gasteiger partial charge in [0.05, 0.1) is 24.1 Å². The van der Waals surface area contributed by atoms with Crippen LogP contribution in [0.4, 0.5) is 5.69 Å². The second-order valence-corrected chi connectivity index (χ2v) is 7.05. The first-order valence-corrected chi connectivity index (χ1v) is 9.36. The van der Waals surface area contributed by atoms with Crippen LogP contribution < -0.4 is 14.8 Å². The molecule has 0 bridgehead atoms. The van der Waals surface area contributed by atoms with Crippen molar-refractivity contribution in [2.24, 2.45) is 0 Å². The lowest BCUT2D eigenvalue weighted by atomic mass is 10.1. The summed E-state index contributed by atoms with van der Waals surface area (Å²) in [4.78, 5) is 12.5. The highest BCUT2D eigenvalue weighted by Crippen LogP contribution is 2.30. The van der Waals surface area contributed by atoms with Crippen LogP contribution in [0.15, 0.2) is 47.0 Å². The van der Waals surface area contributed by atoms with Crippen molar-refractivity contribution in [2.45, 2.75) is 20.5 Å². The third-order valence-corrected chi connectivity index (χ3v) is 5.04. The zero-order valence-electron chi connectivity index (χ0n) is 15.2. The largest absolute Gasteiger partial charge is 0.493 e. The molecule has 0 aliphatic carbocycles. The number of anilines is 1. The number of para-hydroxylation sites is 1. The number of ether oxygens (including phenoxy) is 2. The lowest BCUT2D eigenvalue weighted by molar-refractivity contribution is 0.102. The first-order valence-electron chi connectivity index (χ1n) is 8.28. The topological polar surface area (TPSA) is 73.6 Å². The third-order valence-electron chi connectivity index (χ3n) is 4.10. The summed E-state index contributed by atoms with van der Waals surface area (Å²) in [5, 5.41) is 6.82. The highest BCUT2D eigenvalue weighted by Gasteiger charge is 2.15. The number of methoxy groups -OCH3 is 1. The van der Waals surface area contributed by atoms with E-state index in [0.717, 1.165) is 26.3 Å². The Labute approximate surface area is 171 Å². The second-order valence-electron chi connectivity index (χ2n) is 5.89. The molecule has 2 aromatic carbocycles. The number of carbonyl (C=O) groups excluding carboxylic acids is 1. The van der Waals surface area contributed by atoms with Gasteiger partial charge in [-0.2, -0.15) is 0 Å². The number of hydrogen-bond donors (Lipinski definition) is 1. The van der Waals surface area contributed by atoms with Gasteiger partial charge in [0, 0.05) is 9.13 Å². The van der Waals surface area contributed by atoms with Crippen LogP contribution in [-0.2, 0) is 6.61 Å². The summed E-state index contributed by atoms with van der Waals surface area (Å²) in [6.45, 7) is 4.02. The van der Waals surface area contributed by atoms with Gasteiger partial charge in [-0.05, 0) is 66.8 Å². The number of rotatable bonds is 6. The van der Waals surface area contributed by atoms with E-state index in [1.807, 2.05) is 38.1 Å². The molecule has 0 unspecified atom stereocenters. The van der Waals surface area contributed by atoms with E-state index in [1.165, 1.54) is 0 Å². The summed E-state index contributed by atoms with van der Waals surface area (Å²) >= 11 is 2.18. The molecular weight excluding hydrogens is 459 g/mol. The second kappa shape index (κ2) is 8.43. The standard InChI is InChI=1S/C20H19IN2O4/c1-12-15(13(2)27-23-12)11-26-18-9-8-14(10-19(18)25-3)20(24)22-17-7-5-4-6-16(17)21/h4-10H,11H2,1-3H3,(H,22,24). The average Bonchev–Trinajstić information content (AvgIpc) is 2.99. The van der Waals surface area contributed by atoms with E-state index in [4.69, 9.17) is 14.0 Å². The normalized spacial score (nSPS) is 10.5. The minimum atomic E-state index is -0.213. The number of hydrogen-bond acceptors (Lipinski definition) is 5. The maximum atomic E-state index is 12.5. The maximum Gasteiger partial charge on any atom is 0.255 e. The monoisotopic (exact) mass is 478 g/mol. The predicted octanol–water partition coefficient (Wildman–Crippen LogP) is 4.74. The highest BCUT2D eigenvalue weighted by molar-refractivity contribution is 14.1. The van der Waals surface area contributed by atoms with E-state index in [2.05, 4.69) is 33.1 Å². The SMILES string of the molecule is COc1cc(C(=O)Nc2ccccc2I)ccc1OCc1c(C)noc1C. The Kier molecular flexibility index (Phi) is 6.00. The summed E-state index contributed by atoms with van der Waals surface area (Å²) in [6.07, 6.45) is 0. The van der Waals surface area contributed by atoms with Crippen molar-refractivity contribution < 1.29 is 18.8 Å². The first-order chi connectivity index (χ1) is 13.0. The Bertz CT molecular complexity index is 949. The van der Waals surface area contributed by atoms with Crippen LogP contribution in [0, 0.1) is 17.4 Å². The molecule has 0 saturated carbocycles. The lowest BCUT2D eigenvalue weighted by Gasteiger charge is -2.13. The first kappa shape index (κ1) is 19.2. The summed E-state index contributed by atoms with van der Waals surface area (Å²) in [5.74, 6) is 1.54. The molecule has 27 heavy (non-hydrogen) atoms. The van der Waals surface area contributed by atoms with Gasteiger partial charge < -0.3 is 19.3 Å². The molecule has 0 spiro atoms. The molecular formula is C20H19IN2O4. The Hall–Kier alpha value is -2.55. The van der Waals surface area contributed by atoms with Crippen molar-refractivity contribution in [3.8, 4) is 11.5 Å². The third kappa shape index (κ3) is 4.41. The van der Waals surface area contributed by atoms with E-state index < -0.39 is 0 Å². The zero-order valence-corrected chi connectivity index (χ0v) is 17.4. The van der Waals surface area contributed by atoms with Gasteiger partial charge in [-0.15, -0.1) is 0 Å². The Morgan fingerprint density at radius 1 is 1.19 bits per heavy atom. The molecule has 140 valence electrons. The maximum absolute atomic E-state index is 12.5. The molecule has 3 rings (SSSR count). The molecule has 0 atom stereocenters. The van der Waals surface area contributed by atoms with Crippen LogP contribution in [0.1, 0.15) is 27.4 Å². The molecule has 0 aliphatic heterocycles. The number of aromatic nitrogens is 1. The van der Waals surface area contributed by atoms with Gasteiger partial charge in [0.15, 0.2) is 11.5 Å². The van der Waals surface area contributed by atoms with Crippen molar-refractivity contribution in [1.29, 1.82) is 0 Å². The summed E-state index contributed by atoms with van der Waals surface area (Å²) in [7, 11) is 1.54. The summed E-state index contributed by atoms with van der Waals surface area (Å²) in [5.41, 5.74) is 2.94. The fourth-order valence-electron chi connectivity index (χ4n) is 2.54. The summed E-state index contributed by atoms with van der Waals surface area (Å²) < 4.78 is 17.4. The van der Waals surface area contributed by atoms with Crippen LogP contribution in [0.25, 0.3) is 0 Å². The van der Waals surface area contributed by atoms with Gasteiger partial charge in [0.2, 0.25) is 0 Å². The summed E-state index contributed by atoms with van der Waals surface area (Å²) in [6, 6.07) is 12.7. The number of aryl methyl sites for hydroxylation is 2. The van der Waals surface area contributed by atoms with Crippen LogP contribution in [0.2, 0.25) is 0 Å². The minimum absolute atomic E-state index is 0.213. The van der Waals surface area contributed by atoms with Crippen LogP contribution in [0.3, 0.4) is 0 Å². The van der Waals surface area contributed by atoms with Crippen molar-refractivity contribution in [1.82, 2.24) is 5.16 Å². The molecule has 1 amide bonds.